The first kappa shape index (κ1) is 20.8. The normalized spacial score (nSPS) is 27.8. The number of ether oxygens (including phenoxy) is 2. The average molecular weight is 376 g/mol. The van der Waals surface area contributed by atoms with Gasteiger partial charge in [-0.05, 0) is 31.2 Å². The van der Waals surface area contributed by atoms with Gasteiger partial charge in [-0.3, -0.25) is 4.79 Å². The van der Waals surface area contributed by atoms with Crippen LogP contribution in [0.1, 0.15) is 55.3 Å². The number of hydrogen-bond donors (Lipinski definition) is 2. The van der Waals surface area contributed by atoms with E-state index in [1.807, 2.05) is 0 Å². The zero-order valence-electron chi connectivity index (χ0n) is 17.2. The summed E-state index contributed by atoms with van der Waals surface area (Å²) in [6.07, 6.45) is 0.495. The Bertz CT molecular complexity index is 428. The first-order valence-electron chi connectivity index (χ1n) is 9.83. The minimum atomic E-state index is -1.12. The van der Waals surface area contributed by atoms with Gasteiger partial charge >= 0.3 is 0 Å². The third-order valence-electron chi connectivity index (χ3n) is 5.12. The fourth-order valence-electron chi connectivity index (χ4n) is 2.62. The van der Waals surface area contributed by atoms with Crippen molar-refractivity contribution in [3.8, 4) is 0 Å². The van der Waals surface area contributed by atoms with Crippen LogP contribution in [0.5, 0.6) is 0 Å². The third-order valence-corrected chi connectivity index (χ3v) is 6.26. The van der Waals surface area contributed by atoms with Gasteiger partial charge in [-0.1, -0.05) is 34.1 Å². The smallest absolute Gasteiger partial charge is 0.246 e. The molecular weight excluding hydrogens is 338 g/mol. The topological polar surface area (TPSA) is 77.0 Å². The van der Waals surface area contributed by atoms with E-state index in [0.29, 0.717) is 28.1 Å². The largest absolute Gasteiger partial charge is 0.412 e. The number of carbonyl (C=O) groups excluding carboxylic acids is 1. The Morgan fingerprint density at radius 2 is 2.24 bits per heavy atom. The van der Waals surface area contributed by atoms with Crippen LogP contribution in [0.2, 0.25) is 6.04 Å². The first-order chi connectivity index (χ1) is 12.2. The first-order valence-corrected chi connectivity index (χ1v) is 10.4. The van der Waals surface area contributed by atoms with Crippen molar-refractivity contribution in [2.24, 2.45) is 11.8 Å². The maximum Gasteiger partial charge on any atom is 0.246 e. The van der Waals surface area contributed by atoms with E-state index in [2.05, 4.69) is 39.9 Å². The molecule has 1 aliphatic rings. The molecule has 2 N–H and O–H groups in total. The highest BCUT2D eigenvalue weighted by molar-refractivity contribution is 6.27. The van der Waals surface area contributed by atoms with Crippen molar-refractivity contribution in [2.45, 2.75) is 77.9 Å². The standard InChI is InChI=1S/C18H35NO5Si/c1-6-14(4)18(5,13(2)3)24-25-11-7-9-19-16(20)12-23-15-8-10-22-17(15)21/h13-15,17,21H,6-12H2,1-5H3,(H,19,20)/i10T. The van der Waals surface area contributed by atoms with E-state index in [9.17, 15) is 9.90 Å². The summed E-state index contributed by atoms with van der Waals surface area (Å²) in [5.41, 5.74) is -0.107. The van der Waals surface area contributed by atoms with Gasteiger partial charge in [-0.15, -0.1) is 0 Å². The van der Waals surface area contributed by atoms with Crippen molar-refractivity contribution in [1.29, 1.82) is 0 Å². The van der Waals surface area contributed by atoms with E-state index in [1.54, 1.807) is 0 Å². The second kappa shape index (κ2) is 11.3. The lowest BCUT2D eigenvalue weighted by Crippen LogP contribution is -2.42. The molecule has 1 aliphatic heterocycles. The molecule has 5 unspecified atom stereocenters. The van der Waals surface area contributed by atoms with E-state index in [1.165, 1.54) is 0 Å². The molecule has 0 saturated carbocycles. The predicted octanol–water partition coefficient (Wildman–Crippen LogP) is 2.13. The molecule has 2 radical (unpaired) electrons. The van der Waals surface area contributed by atoms with Crippen LogP contribution in [0.4, 0.5) is 0 Å². The SMILES string of the molecule is [3H]C1CC(OCC(=O)NCCC[Si]OC(C)(C(C)C)C(C)CC)C(O)O1. The number of amides is 1. The van der Waals surface area contributed by atoms with Gasteiger partial charge in [0.05, 0.1) is 13.6 Å². The van der Waals surface area contributed by atoms with Crippen molar-refractivity contribution >= 4 is 15.7 Å². The van der Waals surface area contributed by atoms with Crippen LogP contribution in [-0.4, -0.2) is 58.5 Å². The van der Waals surface area contributed by atoms with E-state index >= 15 is 0 Å². The summed E-state index contributed by atoms with van der Waals surface area (Å²) >= 11 is 0. The highest BCUT2D eigenvalue weighted by atomic mass is 28.2. The molecule has 1 rings (SSSR count). The van der Waals surface area contributed by atoms with Crippen LogP contribution in [0.25, 0.3) is 0 Å². The fourth-order valence-corrected chi connectivity index (χ4v) is 3.80. The Morgan fingerprint density at radius 3 is 2.80 bits per heavy atom. The van der Waals surface area contributed by atoms with Gasteiger partial charge in [0, 0.05) is 13.0 Å². The Morgan fingerprint density at radius 1 is 1.52 bits per heavy atom. The van der Waals surface area contributed by atoms with E-state index in [0.717, 1.165) is 18.9 Å². The summed E-state index contributed by atoms with van der Waals surface area (Å²) in [6, 6.07) is 0.912. The number of rotatable bonds is 12. The van der Waals surface area contributed by atoms with Gasteiger partial charge < -0.3 is 24.3 Å². The Balaban J connectivity index is 2.13. The number of hydrogen-bond acceptors (Lipinski definition) is 5. The highest BCUT2D eigenvalue weighted by Gasteiger charge is 2.34. The molecule has 6 nitrogen and oxygen atoms in total. The zero-order chi connectivity index (χ0) is 19.7. The molecule has 25 heavy (non-hydrogen) atoms. The lowest BCUT2D eigenvalue weighted by atomic mass is 9.80. The van der Waals surface area contributed by atoms with Crippen molar-refractivity contribution < 1.29 is 25.2 Å². The van der Waals surface area contributed by atoms with Crippen LogP contribution in [0.3, 0.4) is 0 Å². The Kier molecular flexibility index (Phi) is 9.40. The van der Waals surface area contributed by atoms with Crippen LogP contribution in [0.15, 0.2) is 0 Å². The van der Waals surface area contributed by atoms with Gasteiger partial charge in [0.2, 0.25) is 15.7 Å². The molecule has 0 spiro atoms. The summed E-state index contributed by atoms with van der Waals surface area (Å²) in [7, 11) is 0.422. The Labute approximate surface area is 156 Å². The summed E-state index contributed by atoms with van der Waals surface area (Å²) in [5, 5.41) is 12.3. The molecular formula is C18H35NO5Si. The van der Waals surface area contributed by atoms with Crippen molar-refractivity contribution in [2.75, 3.05) is 19.7 Å². The van der Waals surface area contributed by atoms with Crippen molar-refractivity contribution in [1.82, 2.24) is 5.32 Å². The lowest BCUT2D eigenvalue weighted by Gasteiger charge is -2.39. The van der Waals surface area contributed by atoms with Crippen molar-refractivity contribution in [3.05, 3.63) is 0 Å². The maximum atomic E-state index is 11.8. The van der Waals surface area contributed by atoms with E-state index in [-0.39, 0.29) is 24.5 Å². The fraction of sp³-hybridized carbons (Fsp3) is 0.944. The average Bonchev–Trinajstić information content (AvgIpc) is 2.92. The monoisotopic (exact) mass is 375 g/mol. The minimum absolute atomic E-state index is 0.107. The molecule has 0 aromatic carbocycles. The summed E-state index contributed by atoms with van der Waals surface area (Å²) < 4.78 is 23.8. The quantitative estimate of drug-likeness (QED) is 0.404. The van der Waals surface area contributed by atoms with Crippen molar-refractivity contribution in [3.63, 3.8) is 0 Å². The molecule has 1 heterocycles. The van der Waals surface area contributed by atoms with Gasteiger partial charge in [-0.25, -0.2) is 0 Å². The highest BCUT2D eigenvalue weighted by Crippen LogP contribution is 2.31. The second-order valence-electron chi connectivity index (χ2n) is 7.13. The Hall–Kier alpha value is -0.473. The van der Waals surface area contributed by atoms with Crippen LogP contribution in [-0.2, 0) is 18.7 Å². The molecule has 0 aromatic heterocycles. The molecule has 0 aliphatic carbocycles. The van der Waals surface area contributed by atoms with Gasteiger partial charge in [0.25, 0.3) is 0 Å². The van der Waals surface area contributed by atoms with Gasteiger partial charge in [-0.2, -0.15) is 0 Å². The summed E-state index contributed by atoms with van der Waals surface area (Å²) in [4.78, 5) is 11.8. The predicted molar refractivity (Wildman–Crippen MR) is 98.3 cm³/mol. The van der Waals surface area contributed by atoms with Gasteiger partial charge in [0.15, 0.2) is 6.29 Å². The third kappa shape index (κ3) is 7.35. The van der Waals surface area contributed by atoms with E-state index in [4.69, 9.17) is 15.3 Å². The summed E-state index contributed by atoms with van der Waals surface area (Å²) in [5.74, 6) is 0.742. The van der Waals surface area contributed by atoms with Crippen LogP contribution >= 0.6 is 0 Å². The molecule has 1 fully saturated rings. The van der Waals surface area contributed by atoms with Gasteiger partial charge in [0.1, 0.15) is 12.7 Å². The molecule has 7 heteroatoms. The molecule has 0 bridgehead atoms. The number of carbonyl (C=O) groups is 1. The lowest BCUT2D eigenvalue weighted by molar-refractivity contribution is -0.143. The molecule has 5 atom stereocenters. The molecule has 1 saturated heterocycles. The van der Waals surface area contributed by atoms with Crippen LogP contribution in [0, 0.1) is 11.8 Å². The number of aliphatic hydroxyl groups is 1. The zero-order valence-corrected chi connectivity index (χ0v) is 17.2. The van der Waals surface area contributed by atoms with E-state index < -0.39 is 19.0 Å². The minimum Gasteiger partial charge on any atom is -0.412 e. The maximum absolute atomic E-state index is 11.8. The second-order valence-corrected chi connectivity index (χ2v) is 8.12. The number of nitrogens with one attached hydrogen (secondary N) is 1. The molecule has 1 amide bonds. The number of aliphatic hydroxyl groups excluding tert-OH is 1. The molecule has 0 aromatic rings. The van der Waals surface area contributed by atoms with Crippen LogP contribution < -0.4 is 5.32 Å². The summed E-state index contributed by atoms with van der Waals surface area (Å²) in [6.45, 7) is 10.7. The molecule has 146 valence electrons.